The quantitative estimate of drug-likeness (QED) is 0.600. The number of hydrogen-bond donors (Lipinski definition) is 1. The van der Waals surface area contributed by atoms with Crippen LogP contribution in [0.2, 0.25) is 0 Å². The highest BCUT2D eigenvalue weighted by atomic mass is 16.6. The van der Waals surface area contributed by atoms with Crippen LogP contribution in [-0.2, 0) is 0 Å². The molecule has 0 bridgehead atoms. The van der Waals surface area contributed by atoms with Crippen molar-refractivity contribution in [1.82, 2.24) is 5.32 Å². The van der Waals surface area contributed by atoms with Crippen LogP contribution in [0.15, 0.2) is 24.3 Å². The maximum absolute atomic E-state index is 11.0. The zero-order valence-electron chi connectivity index (χ0n) is 11.6. The Morgan fingerprint density at radius 1 is 1.42 bits per heavy atom. The second-order valence-corrected chi connectivity index (χ2v) is 5.49. The Morgan fingerprint density at radius 2 is 2.11 bits per heavy atom. The maximum atomic E-state index is 11.0. The number of rotatable bonds is 7. The van der Waals surface area contributed by atoms with Gasteiger partial charge in [0.1, 0.15) is 0 Å². The average Bonchev–Trinajstić information content (AvgIpc) is 3.21. The standard InChI is InChI=1S/C15H22N2O2/c1-3-13(10-12-8-9-12)16-11(2)14-6-4-5-7-15(14)17(18)19/h4-7,11-13,16H,3,8-10H2,1-2H3. The van der Waals surface area contributed by atoms with Crippen LogP contribution < -0.4 is 5.32 Å². The molecule has 2 rings (SSSR count). The Hall–Kier alpha value is -1.42. The summed E-state index contributed by atoms with van der Waals surface area (Å²) in [5.41, 5.74) is 0.991. The molecule has 1 N–H and O–H groups in total. The number of benzene rings is 1. The van der Waals surface area contributed by atoms with Crippen molar-refractivity contribution in [2.75, 3.05) is 0 Å². The molecule has 0 radical (unpaired) electrons. The molecule has 0 spiro atoms. The van der Waals surface area contributed by atoms with Crippen LogP contribution in [0.1, 0.15) is 51.1 Å². The van der Waals surface area contributed by atoms with E-state index in [2.05, 4.69) is 12.2 Å². The molecule has 0 heterocycles. The summed E-state index contributed by atoms with van der Waals surface area (Å²) in [6.07, 6.45) is 4.96. The first-order chi connectivity index (χ1) is 9.11. The molecule has 1 aromatic rings. The highest BCUT2D eigenvalue weighted by molar-refractivity contribution is 5.41. The molecule has 0 amide bonds. The summed E-state index contributed by atoms with van der Waals surface area (Å²) in [5, 5.41) is 14.6. The van der Waals surface area contributed by atoms with Gasteiger partial charge < -0.3 is 5.32 Å². The molecule has 1 aromatic carbocycles. The molecule has 2 unspecified atom stereocenters. The fraction of sp³-hybridized carbons (Fsp3) is 0.600. The minimum absolute atomic E-state index is 0.0188. The molecule has 4 heteroatoms. The van der Waals surface area contributed by atoms with Crippen molar-refractivity contribution in [1.29, 1.82) is 0 Å². The van der Waals surface area contributed by atoms with Crippen LogP contribution in [-0.4, -0.2) is 11.0 Å². The second kappa shape index (κ2) is 6.15. The SMILES string of the molecule is CCC(CC1CC1)NC(C)c1ccccc1[N+](=O)[O-]. The number of nitrogens with zero attached hydrogens (tertiary/aromatic N) is 1. The van der Waals surface area contributed by atoms with Gasteiger partial charge in [0.25, 0.3) is 5.69 Å². The second-order valence-electron chi connectivity index (χ2n) is 5.49. The van der Waals surface area contributed by atoms with E-state index >= 15 is 0 Å². The normalized spacial score (nSPS) is 18.0. The smallest absolute Gasteiger partial charge is 0.274 e. The summed E-state index contributed by atoms with van der Waals surface area (Å²) in [6.45, 7) is 4.18. The third kappa shape index (κ3) is 3.77. The van der Waals surface area contributed by atoms with Crippen molar-refractivity contribution in [3.8, 4) is 0 Å². The Morgan fingerprint density at radius 3 is 2.68 bits per heavy atom. The highest BCUT2D eigenvalue weighted by Crippen LogP contribution is 2.35. The molecule has 1 saturated carbocycles. The van der Waals surface area contributed by atoms with E-state index in [1.807, 2.05) is 19.1 Å². The van der Waals surface area contributed by atoms with Crippen LogP contribution in [0.3, 0.4) is 0 Å². The fourth-order valence-corrected chi connectivity index (χ4v) is 2.57. The van der Waals surface area contributed by atoms with E-state index < -0.39 is 0 Å². The molecule has 104 valence electrons. The van der Waals surface area contributed by atoms with Crippen molar-refractivity contribution >= 4 is 5.69 Å². The van der Waals surface area contributed by atoms with Crippen molar-refractivity contribution < 1.29 is 4.92 Å². The van der Waals surface area contributed by atoms with Crippen molar-refractivity contribution in [2.45, 2.75) is 51.6 Å². The monoisotopic (exact) mass is 262 g/mol. The summed E-state index contributed by atoms with van der Waals surface area (Å²) in [7, 11) is 0. The molecular weight excluding hydrogens is 240 g/mol. The van der Waals surface area contributed by atoms with Gasteiger partial charge in [-0.1, -0.05) is 38.0 Å². The maximum Gasteiger partial charge on any atom is 0.274 e. The van der Waals surface area contributed by atoms with Crippen LogP contribution in [0, 0.1) is 16.0 Å². The molecule has 1 aliphatic rings. The number of nitrogens with one attached hydrogen (secondary N) is 1. The van der Waals surface area contributed by atoms with Gasteiger partial charge in [-0.25, -0.2) is 0 Å². The Labute approximate surface area is 114 Å². The van der Waals surface area contributed by atoms with Gasteiger partial charge >= 0.3 is 0 Å². The van der Waals surface area contributed by atoms with Gasteiger partial charge in [-0.2, -0.15) is 0 Å². The first-order valence-electron chi connectivity index (χ1n) is 7.11. The predicted octanol–water partition coefficient (Wildman–Crippen LogP) is 3.82. The minimum atomic E-state index is -0.296. The number of para-hydroxylation sites is 1. The van der Waals surface area contributed by atoms with Gasteiger partial charge in [0, 0.05) is 23.7 Å². The molecule has 4 nitrogen and oxygen atoms in total. The van der Waals surface area contributed by atoms with Gasteiger partial charge in [0.05, 0.1) is 4.92 Å². The summed E-state index contributed by atoms with van der Waals surface area (Å²) in [5.74, 6) is 0.871. The lowest BCUT2D eigenvalue weighted by molar-refractivity contribution is -0.385. The Balaban J connectivity index is 2.05. The molecule has 0 aromatic heterocycles. The Kier molecular flexibility index (Phi) is 4.53. The Bertz CT molecular complexity index is 444. The molecule has 0 aliphatic heterocycles. The first-order valence-corrected chi connectivity index (χ1v) is 7.11. The van der Waals surface area contributed by atoms with Crippen LogP contribution in [0.5, 0.6) is 0 Å². The van der Waals surface area contributed by atoms with Crippen molar-refractivity contribution in [3.63, 3.8) is 0 Å². The lowest BCUT2D eigenvalue weighted by atomic mass is 10.0. The lowest BCUT2D eigenvalue weighted by Crippen LogP contribution is -2.31. The van der Waals surface area contributed by atoms with E-state index in [-0.39, 0.29) is 16.7 Å². The summed E-state index contributed by atoms with van der Waals surface area (Å²) < 4.78 is 0. The number of nitro groups is 1. The van der Waals surface area contributed by atoms with Crippen LogP contribution >= 0.6 is 0 Å². The number of hydrogen-bond acceptors (Lipinski definition) is 3. The predicted molar refractivity (Wildman–Crippen MR) is 76.1 cm³/mol. The molecule has 2 atom stereocenters. The lowest BCUT2D eigenvalue weighted by Gasteiger charge is -2.22. The fourth-order valence-electron chi connectivity index (χ4n) is 2.57. The van der Waals surface area contributed by atoms with Crippen molar-refractivity contribution in [3.05, 3.63) is 39.9 Å². The van der Waals surface area contributed by atoms with E-state index in [0.717, 1.165) is 17.9 Å². The topological polar surface area (TPSA) is 55.2 Å². The summed E-state index contributed by atoms with van der Waals surface area (Å²) in [4.78, 5) is 10.8. The van der Waals surface area contributed by atoms with Crippen molar-refractivity contribution in [2.24, 2.45) is 5.92 Å². The zero-order chi connectivity index (χ0) is 13.8. The molecular formula is C15H22N2O2. The summed E-state index contributed by atoms with van der Waals surface area (Å²) >= 11 is 0. The zero-order valence-corrected chi connectivity index (χ0v) is 11.6. The third-order valence-electron chi connectivity index (χ3n) is 3.89. The van der Waals surface area contributed by atoms with Crippen LogP contribution in [0.4, 0.5) is 5.69 Å². The number of nitro benzene ring substituents is 1. The van der Waals surface area contributed by atoms with Crippen LogP contribution in [0.25, 0.3) is 0 Å². The highest BCUT2D eigenvalue weighted by Gasteiger charge is 2.26. The molecule has 19 heavy (non-hydrogen) atoms. The van der Waals surface area contributed by atoms with E-state index in [4.69, 9.17) is 0 Å². The average molecular weight is 262 g/mol. The van der Waals surface area contributed by atoms with Gasteiger partial charge in [0.15, 0.2) is 0 Å². The van der Waals surface area contributed by atoms with E-state index in [0.29, 0.717) is 6.04 Å². The van der Waals surface area contributed by atoms with E-state index in [9.17, 15) is 10.1 Å². The molecule has 0 saturated heterocycles. The van der Waals surface area contributed by atoms with Gasteiger partial charge in [-0.3, -0.25) is 10.1 Å². The van der Waals surface area contributed by atoms with Gasteiger partial charge in [-0.15, -0.1) is 0 Å². The largest absolute Gasteiger partial charge is 0.307 e. The minimum Gasteiger partial charge on any atom is -0.307 e. The molecule has 1 aliphatic carbocycles. The van der Waals surface area contributed by atoms with E-state index in [1.54, 1.807) is 12.1 Å². The molecule has 1 fully saturated rings. The third-order valence-corrected chi connectivity index (χ3v) is 3.89. The van der Waals surface area contributed by atoms with Gasteiger partial charge in [-0.05, 0) is 25.7 Å². The first kappa shape index (κ1) is 14.0. The van der Waals surface area contributed by atoms with Gasteiger partial charge in [0.2, 0.25) is 0 Å². The summed E-state index contributed by atoms with van der Waals surface area (Å²) in [6, 6.07) is 7.49. The van der Waals surface area contributed by atoms with E-state index in [1.165, 1.54) is 19.3 Å².